The smallest absolute Gasteiger partial charge is 0.407 e. The van der Waals surface area contributed by atoms with Crippen LogP contribution in [0.1, 0.15) is 34.1 Å². The average Bonchev–Trinajstić information content (AvgIpc) is 2.13. The fourth-order valence-electron chi connectivity index (χ4n) is 2.08. The second kappa shape index (κ2) is 4.76. The summed E-state index contributed by atoms with van der Waals surface area (Å²) in [6.45, 7) is 6.97. The van der Waals surface area contributed by atoms with Gasteiger partial charge in [0.1, 0.15) is 5.60 Å². The van der Waals surface area contributed by atoms with E-state index in [-0.39, 0.29) is 19.5 Å². The first-order valence-electron chi connectivity index (χ1n) is 5.93. The Balaban J connectivity index is 2.83. The number of aliphatic hydroxyl groups is 1. The first-order valence-corrected chi connectivity index (χ1v) is 5.93. The molecule has 1 heterocycles. The van der Waals surface area contributed by atoms with E-state index in [9.17, 15) is 14.7 Å². The van der Waals surface area contributed by atoms with Crippen molar-refractivity contribution < 1.29 is 24.5 Å². The zero-order chi connectivity index (χ0) is 14.1. The van der Waals surface area contributed by atoms with Gasteiger partial charge in [0.05, 0.1) is 11.5 Å². The molecule has 0 spiro atoms. The normalized spacial score (nSPS) is 28.9. The number of carbonyl (C=O) groups is 2. The molecule has 0 aromatic heterocycles. The first kappa shape index (κ1) is 14.8. The maximum absolute atomic E-state index is 12.1. The zero-order valence-electron chi connectivity index (χ0n) is 11.3. The Morgan fingerprint density at radius 3 is 2.39 bits per heavy atom. The average molecular weight is 259 g/mol. The number of likely N-dealkylation sites (tertiary alicyclic amines) is 1. The predicted octanol–water partition coefficient (Wildman–Crippen LogP) is 1.08. The quantitative estimate of drug-likeness (QED) is 0.688. The van der Waals surface area contributed by atoms with Crippen LogP contribution in [0.25, 0.3) is 0 Å². The summed E-state index contributed by atoms with van der Waals surface area (Å²) in [6, 6.07) is 0. The summed E-state index contributed by atoms with van der Waals surface area (Å²) in [7, 11) is 0. The van der Waals surface area contributed by atoms with E-state index >= 15 is 0 Å². The lowest BCUT2D eigenvalue weighted by atomic mass is 9.80. The Bertz CT molecular complexity index is 349. The molecular weight excluding hydrogens is 238 g/mol. The number of esters is 1. The Morgan fingerprint density at radius 2 is 1.94 bits per heavy atom. The third-order valence-corrected chi connectivity index (χ3v) is 2.82. The minimum absolute atomic E-state index is 0.0354. The number of β-amino-alcohol motifs (C(OH)–C–C–N with tert-alkyl or cyclic N) is 1. The van der Waals surface area contributed by atoms with E-state index in [0.717, 1.165) is 4.90 Å². The molecule has 0 aromatic carbocycles. The third kappa shape index (κ3) is 3.60. The molecule has 1 amide bonds. The number of carbonyl (C=O) groups excluding carboxylic acids is 1. The Kier molecular flexibility index (Phi) is 3.90. The molecule has 1 aliphatic rings. The third-order valence-electron chi connectivity index (χ3n) is 2.82. The lowest BCUT2D eigenvalue weighted by Gasteiger charge is -2.40. The summed E-state index contributed by atoms with van der Waals surface area (Å²) in [5.41, 5.74) is -1.63. The van der Waals surface area contributed by atoms with Gasteiger partial charge in [-0.3, -0.25) is 4.79 Å². The monoisotopic (exact) mass is 259 g/mol. The van der Waals surface area contributed by atoms with Gasteiger partial charge in [0, 0.05) is 13.1 Å². The van der Waals surface area contributed by atoms with E-state index in [0.29, 0.717) is 0 Å². The van der Waals surface area contributed by atoms with Crippen LogP contribution in [0.15, 0.2) is 0 Å². The van der Waals surface area contributed by atoms with Gasteiger partial charge in [0.25, 0.3) is 0 Å². The molecule has 6 nitrogen and oxygen atoms in total. The number of nitrogens with zero attached hydrogens (tertiary/aromatic N) is 1. The fourth-order valence-corrected chi connectivity index (χ4v) is 2.08. The summed E-state index contributed by atoms with van der Waals surface area (Å²) >= 11 is 0. The molecule has 18 heavy (non-hydrogen) atoms. The molecule has 1 saturated heterocycles. The highest BCUT2D eigenvalue weighted by Crippen LogP contribution is 2.32. The maximum atomic E-state index is 12.1. The lowest BCUT2D eigenvalue weighted by Crippen LogP contribution is -2.54. The van der Waals surface area contributed by atoms with E-state index in [1.165, 1.54) is 0 Å². The van der Waals surface area contributed by atoms with Crippen LogP contribution in [-0.2, 0) is 9.53 Å². The first-order chi connectivity index (χ1) is 8.03. The van der Waals surface area contributed by atoms with Crippen molar-refractivity contribution >= 4 is 12.1 Å². The summed E-state index contributed by atoms with van der Waals surface area (Å²) < 4.78 is 5.29. The number of ether oxygens (including phenoxy) is 1. The van der Waals surface area contributed by atoms with Gasteiger partial charge in [-0.05, 0) is 34.1 Å². The van der Waals surface area contributed by atoms with Crippen LogP contribution in [0.5, 0.6) is 0 Å². The molecule has 2 atom stereocenters. The van der Waals surface area contributed by atoms with Crippen LogP contribution in [0.4, 0.5) is 4.79 Å². The van der Waals surface area contributed by atoms with Crippen LogP contribution in [0, 0.1) is 5.41 Å². The fraction of sp³-hybridized carbons (Fsp3) is 0.833. The van der Waals surface area contributed by atoms with Gasteiger partial charge in [-0.15, -0.1) is 0 Å². The van der Waals surface area contributed by atoms with Gasteiger partial charge in [0.15, 0.2) is 0 Å². The van der Waals surface area contributed by atoms with E-state index in [1.54, 1.807) is 27.7 Å². The van der Waals surface area contributed by atoms with Crippen LogP contribution < -0.4 is 0 Å². The van der Waals surface area contributed by atoms with Crippen molar-refractivity contribution in [2.24, 2.45) is 5.41 Å². The van der Waals surface area contributed by atoms with Crippen molar-refractivity contribution in [1.29, 1.82) is 0 Å². The van der Waals surface area contributed by atoms with E-state index < -0.39 is 29.2 Å². The van der Waals surface area contributed by atoms with Crippen molar-refractivity contribution in [2.45, 2.75) is 45.8 Å². The molecule has 0 saturated carbocycles. The molecule has 1 fully saturated rings. The summed E-state index contributed by atoms with van der Waals surface area (Å²) in [6.07, 6.45) is -1.76. The van der Waals surface area contributed by atoms with Crippen molar-refractivity contribution in [3.8, 4) is 0 Å². The number of hydrogen-bond donors (Lipinski definition) is 2. The number of rotatable bonds is 1. The molecule has 0 radical (unpaired) electrons. The number of piperidine rings is 1. The minimum atomic E-state index is -1.14. The number of aliphatic hydroxyl groups excluding tert-OH is 1. The Morgan fingerprint density at radius 1 is 1.39 bits per heavy atom. The Labute approximate surface area is 107 Å². The summed E-state index contributed by atoms with van der Waals surface area (Å²) in [4.78, 5) is 24.1. The van der Waals surface area contributed by atoms with Gasteiger partial charge < -0.3 is 19.8 Å². The van der Waals surface area contributed by atoms with E-state index in [2.05, 4.69) is 0 Å². The van der Waals surface area contributed by atoms with E-state index in [1.807, 2.05) is 0 Å². The van der Waals surface area contributed by atoms with E-state index in [4.69, 9.17) is 9.84 Å². The molecular formula is C12H21NO5. The van der Waals surface area contributed by atoms with Crippen molar-refractivity contribution in [2.75, 3.05) is 13.1 Å². The predicted molar refractivity (Wildman–Crippen MR) is 64.2 cm³/mol. The number of hydrogen-bond acceptors (Lipinski definition) is 4. The number of amides is 1. The second-order valence-corrected chi connectivity index (χ2v) is 6.08. The molecule has 1 aliphatic heterocycles. The van der Waals surface area contributed by atoms with Crippen LogP contribution in [0.2, 0.25) is 0 Å². The highest BCUT2D eigenvalue weighted by atomic mass is 16.6. The molecule has 1 rings (SSSR count). The lowest BCUT2D eigenvalue weighted by molar-refractivity contribution is -0.172. The molecule has 0 bridgehead atoms. The zero-order valence-corrected chi connectivity index (χ0v) is 11.3. The highest BCUT2D eigenvalue weighted by Gasteiger charge is 2.45. The maximum Gasteiger partial charge on any atom is 0.407 e. The van der Waals surface area contributed by atoms with Gasteiger partial charge in [-0.25, -0.2) is 4.79 Å². The molecule has 2 unspecified atom stereocenters. The minimum Gasteiger partial charge on any atom is -0.465 e. The molecule has 2 N–H and O–H groups in total. The van der Waals surface area contributed by atoms with Crippen molar-refractivity contribution in [3.05, 3.63) is 0 Å². The van der Waals surface area contributed by atoms with Gasteiger partial charge in [-0.1, -0.05) is 0 Å². The standard InChI is InChI=1S/C12H21NO5/c1-11(2,3)18-9(15)12(4)5-8(14)6-13(7-12)10(16)17/h8,14H,5-7H2,1-4H3,(H,16,17). The summed E-state index contributed by atoms with van der Waals surface area (Å²) in [5, 5.41) is 18.7. The molecule has 6 heteroatoms. The summed E-state index contributed by atoms with van der Waals surface area (Å²) in [5.74, 6) is -0.472. The molecule has 0 aliphatic carbocycles. The molecule has 0 aromatic rings. The topological polar surface area (TPSA) is 87.1 Å². The highest BCUT2D eigenvalue weighted by molar-refractivity contribution is 5.78. The number of carboxylic acid groups (broad SMARTS) is 1. The van der Waals surface area contributed by atoms with Crippen LogP contribution >= 0.6 is 0 Å². The van der Waals surface area contributed by atoms with Crippen LogP contribution in [0.3, 0.4) is 0 Å². The van der Waals surface area contributed by atoms with Gasteiger partial charge in [-0.2, -0.15) is 0 Å². The van der Waals surface area contributed by atoms with Crippen molar-refractivity contribution in [3.63, 3.8) is 0 Å². The van der Waals surface area contributed by atoms with Gasteiger partial charge >= 0.3 is 12.1 Å². The van der Waals surface area contributed by atoms with Crippen LogP contribution in [-0.4, -0.2) is 52.0 Å². The SMILES string of the molecule is CC(C)(C)OC(=O)C1(C)CC(O)CN(C(=O)O)C1. The van der Waals surface area contributed by atoms with Crippen molar-refractivity contribution in [1.82, 2.24) is 4.90 Å². The largest absolute Gasteiger partial charge is 0.465 e. The second-order valence-electron chi connectivity index (χ2n) is 6.08. The Hall–Kier alpha value is -1.30. The van der Waals surface area contributed by atoms with Gasteiger partial charge in [0.2, 0.25) is 0 Å². The molecule has 104 valence electrons.